The van der Waals surface area contributed by atoms with Crippen molar-refractivity contribution in [1.29, 1.82) is 0 Å². The van der Waals surface area contributed by atoms with Gasteiger partial charge in [0, 0.05) is 44.1 Å². The van der Waals surface area contributed by atoms with Crippen molar-refractivity contribution in [2.75, 3.05) is 64.3 Å². The zero-order valence-electron chi connectivity index (χ0n) is 18.0. The molecule has 1 aromatic heterocycles. The molecule has 31 heavy (non-hydrogen) atoms. The van der Waals surface area contributed by atoms with E-state index < -0.39 is 5.91 Å². The van der Waals surface area contributed by atoms with E-state index in [9.17, 15) is 14.4 Å². The van der Waals surface area contributed by atoms with E-state index in [1.807, 2.05) is 11.8 Å². The van der Waals surface area contributed by atoms with Gasteiger partial charge in [0.25, 0.3) is 5.91 Å². The standard InChI is InChI=1S/C21H31N5O4S/c1-14(20(29)23-21-18(19(22)28)15-3-2-4-16(15)31-21)25-5-7-26(8-6-25)17(27)13-24-9-11-30-12-10-24/h14H,2-13H2,1H3,(H2,22,28)(H,23,29). The summed E-state index contributed by atoms with van der Waals surface area (Å²) in [5.74, 6) is -0.483. The van der Waals surface area contributed by atoms with Crippen LogP contribution >= 0.6 is 11.3 Å². The molecular weight excluding hydrogens is 418 g/mol. The highest BCUT2D eigenvalue weighted by atomic mass is 32.1. The Hall–Kier alpha value is -2.01. The number of aryl methyl sites for hydroxylation is 1. The van der Waals surface area contributed by atoms with Gasteiger partial charge in [-0.25, -0.2) is 0 Å². The first-order valence-corrected chi connectivity index (χ1v) is 11.8. The zero-order valence-corrected chi connectivity index (χ0v) is 18.8. The Kier molecular flexibility index (Phi) is 6.90. The normalized spacial score (nSPS) is 21.0. The minimum absolute atomic E-state index is 0.137. The van der Waals surface area contributed by atoms with Crippen LogP contribution in [-0.2, 0) is 27.2 Å². The van der Waals surface area contributed by atoms with E-state index >= 15 is 0 Å². The third-order valence-corrected chi connectivity index (χ3v) is 7.67. The Morgan fingerprint density at radius 3 is 2.48 bits per heavy atom. The van der Waals surface area contributed by atoms with Crippen molar-refractivity contribution in [2.24, 2.45) is 5.73 Å². The van der Waals surface area contributed by atoms with Crippen molar-refractivity contribution in [3.05, 3.63) is 16.0 Å². The number of primary amides is 1. The first-order valence-electron chi connectivity index (χ1n) is 11.0. The van der Waals surface area contributed by atoms with Crippen LogP contribution in [-0.4, -0.2) is 97.5 Å². The average Bonchev–Trinajstić information content (AvgIpc) is 3.34. The second-order valence-corrected chi connectivity index (χ2v) is 9.50. The molecular formula is C21H31N5O4S. The molecule has 1 unspecified atom stereocenters. The number of morpholine rings is 1. The molecule has 2 saturated heterocycles. The molecule has 0 spiro atoms. The Balaban J connectivity index is 1.30. The predicted octanol–water partition coefficient (Wildman–Crippen LogP) is 0.139. The van der Waals surface area contributed by atoms with Crippen LogP contribution in [0, 0.1) is 0 Å². The maximum Gasteiger partial charge on any atom is 0.251 e. The Bertz CT molecular complexity index is 843. The number of carbonyl (C=O) groups is 3. The number of thiophene rings is 1. The molecule has 1 atom stereocenters. The smallest absolute Gasteiger partial charge is 0.251 e. The van der Waals surface area contributed by atoms with Gasteiger partial charge in [-0.05, 0) is 31.7 Å². The van der Waals surface area contributed by atoms with Gasteiger partial charge in [0.05, 0.1) is 31.4 Å². The fourth-order valence-corrected chi connectivity index (χ4v) is 5.84. The maximum absolute atomic E-state index is 12.9. The minimum Gasteiger partial charge on any atom is -0.379 e. The Labute approximate surface area is 186 Å². The van der Waals surface area contributed by atoms with Crippen molar-refractivity contribution in [3.8, 4) is 0 Å². The van der Waals surface area contributed by atoms with Gasteiger partial charge in [-0.1, -0.05) is 0 Å². The molecule has 3 amide bonds. The van der Waals surface area contributed by atoms with Gasteiger partial charge in [0.2, 0.25) is 11.8 Å². The predicted molar refractivity (Wildman–Crippen MR) is 118 cm³/mol. The molecule has 1 aliphatic carbocycles. The van der Waals surface area contributed by atoms with Crippen molar-refractivity contribution in [3.63, 3.8) is 0 Å². The lowest BCUT2D eigenvalue weighted by atomic mass is 10.1. The first-order chi connectivity index (χ1) is 14.9. The molecule has 2 aliphatic heterocycles. The van der Waals surface area contributed by atoms with Crippen LogP contribution in [0.4, 0.5) is 5.00 Å². The monoisotopic (exact) mass is 449 g/mol. The van der Waals surface area contributed by atoms with Gasteiger partial charge in [-0.3, -0.25) is 24.2 Å². The number of fused-ring (bicyclic) bond motifs is 1. The number of nitrogens with two attached hydrogens (primary N) is 1. The lowest BCUT2D eigenvalue weighted by Gasteiger charge is -2.38. The number of hydrogen-bond donors (Lipinski definition) is 2. The minimum atomic E-state index is -0.477. The molecule has 0 aromatic carbocycles. The lowest BCUT2D eigenvalue weighted by molar-refractivity contribution is -0.135. The third kappa shape index (κ3) is 4.92. The molecule has 10 heteroatoms. The van der Waals surface area contributed by atoms with Crippen LogP contribution in [0.25, 0.3) is 0 Å². The van der Waals surface area contributed by atoms with E-state index in [2.05, 4.69) is 15.1 Å². The molecule has 0 radical (unpaired) electrons. The van der Waals surface area contributed by atoms with Crippen LogP contribution in [0.3, 0.4) is 0 Å². The summed E-state index contributed by atoms with van der Waals surface area (Å²) in [4.78, 5) is 44.7. The summed E-state index contributed by atoms with van der Waals surface area (Å²) in [6.45, 7) is 7.76. The summed E-state index contributed by atoms with van der Waals surface area (Å²) in [6.07, 6.45) is 2.81. The molecule has 3 aliphatic rings. The molecule has 4 rings (SSSR count). The molecule has 0 bridgehead atoms. The van der Waals surface area contributed by atoms with Crippen molar-refractivity contribution in [2.45, 2.75) is 32.2 Å². The molecule has 3 heterocycles. The summed E-state index contributed by atoms with van der Waals surface area (Å²) in [6, 6.07) is -0.353. The van der Waals surface area contributed by atoms with Gasteiger partial charge in [0.1, 0.15) is 5.00 Å². The SMILES string of the molecule is CC(C(=O)Nc1sc2c(c1C(N)=O)CCC2)N1CCN(C(=O)CN2CCOCC2)CC1. The zero-order chi connectivity index (χ0) is 22.0. The van der Waals surface area contributed by atoms with Gasteiger partial charge >= 0.3 is 0 Å². The summed E-state index contributed by atoms with van der Waals surface area (Å²) < 4.78 is 5.33. The van der Waals surface area contributed by atoms with Crippen LogP contribution in [0.2, 0.25) is 0 Å². The highest BCUT2D eigenvalue weighted by Gasteiger charge is 2.31. The maximum atomic E-state index is 12.9. The number of anilines is 1. The van der Waals surface area contributed by atoms with E-state index in [-0.39, 0.29) is 17.9 Å². The molecule has 1 aromatic rings. The number of hydrogen-bond acceptors (Lipinski definition) is 7. The second kappa shape index (κ2) is 9.64. The van der Waals surface area contributed by atoms with E-state index in [0.717, 1.165) is 42.8 Å². The molecule has 0 saturated carbocycles. The topological polar surface area (TPSA) is 108 Å². The van der Waals surface area contributed by atoms with Crippen LogP contribution < -0.4 is 11.1 Å². The number of amides is 3. The first kappa shape index (κ1) is 22.2. The average molecular weight is 450 g/mol. The number of nitrogens with zero attached hydrogens (tertiary/aromatic N) is 3. The number of piperazine rings is 1. The number of ether oxygens (including phenoxy) is 1. The molecule has 170 valence electrons. The summed E-state index contributed by atoms with van der Waals surface area (Å²) in [5.41, 5.74) is 7.09. The number of rotatable bonds is 6. The quantitative estimate of drug-likeness (QED) is 0.640. The van der Waals surface area contributed by atoms with E-state index in [4.69, 9.17) is 10.5 Å². The summed E-state index contributed by atoms with van der Waals surface area (Å²) in [5, 5.41) is 3.52. The second-order valence-electron chi connectivity index (χ2n) is 8.40. The number of nitrogens with one attached hydrogen (secondary N) is 1. The van der Waals surface area contributed by atoms with E-state index in [1.54, 1.807) is 0 Å². The van der Waals surface area contributed by atoms with Gasteiger partial charge in [0.15, 0.2) is 0 Å². The fraction of sp³-hybridized carbons (Fsp3) is 0.667. The Morgan fingerprint density at radius 2 is 1.81 bits per heavy atom. The van der Waals surface area contributed by atoms with Crippen LogP contribution in [0.15, 0.2) is 0 Å². The van der Waals surface area contributed by atoms with Crippen molar-refractivity contribution >= 4 is 34.1 Å². The highest BCUT2D eigenvalue weighted by Crippen LogP contribution is 2.38. The highest BCUT2D eigenvalue weighted by molar-refractivity contribution is 7.17. The third-order valence-electron chi connectivity index (χ3n) is 6.46. The van der Waals surface area contributed by atoms with Gasteiger partial charge in [-0.2, -0.15) is 0 Å². The molecule has 9 nitrogen and oxygen atoms in total. The summed E-state index contributed by atoms with van der Waals surface area (Å²) in [7, 11) is 0. The van der Waals surface area contributed by atoms with E-state index in [1.165, 1.54) is 11.3 Å². The van der Waals surface area contributed by atoms with Gasteiger partial charge in [-0.15, -0.1) is 11.3 Å². The fourth-order valence-electron chi connectivity index (χ4n) is 4.54. The molecule has 3 N–H and O–H groups in total. The Morgan fingerprint density at radius 1 is 1.10 bits per heavy atom. The molecule has 2 fully saturated rings. The van der Waals surface area contributed by atoms with Crippen molar-refractivity contribution < 1.29 is 19.1 Å². The number of carbonyl (C=O) groups excluding carboxylic acids is 3. The largest absolute Gasteiger partial charge is 0.379 e. The van der Waals surface area contributed by atoms with Gasteiger partial charge < -0.3 is 20.7 Å². The van der Waals surface area contributed by atoms with Crippen LogP contribution in [0.5, 0.6) is 0 Å². The van der Waals surface area contributed by atoms with E-state index in [0.29, 0.717) is 56.5 Å². The summed E-state index contributed by atoms with van der Waals surface area (Å²) >= 11 is 1.47. The van der Waals surface area contributed by atoms with Crippen LogP contribution in [0.1, 0.15) is 34.1 Å². The lowest BCUT2D eigenvalue weighted by Crippen LogP contribution is -2.55. The van der Waals surface area contributed by atoms with Crippen molar-refractivity contribution in [1.82, 2.24) is 14.7 Å².